The lowest BCUT2D eigenvalue weighted by molar-refractivity contribution is -0.566. The number of nitrogens with zero attached hydrogens (tertiary/aromatic N) is 1. The van der Waals surface area contributed by atoms with Crippen LogP contribution in [0.1, 0.15) is 26.5 Å². The maximum absolute atomic E-state index is 6.09. The predicted molar refractivity (Wildman–Crippen MR) is 63.5 cm³/mol. The van der Waals surface area contributed by atoms with Crippen molar-refractivity contribution in [3.8, 4) is 0 Å². The van der Waals surface area contributed by atoms with E-state index in [9.17, 15) is 0 Å². The Bertz CT molecular complexity index is 396. The van der Waals surface area contributed by atoms with Crippen molar-refractivity contribution in [2.45, 2.75) is 33.4 Å². The van der Waals surface area contributed by atoms with Crippen LogP contribution in [0.25, 0.3) is 6.08 Å². The van der Waals surface area contributed by atoms with E-state index in [1.165, 1.54) is 5.69 Å². The standard InChI is InChI=1S/C12H18BNO/c1-4-13(5-2)14-9-7-6-8-12(14)10-11(3)15-13/h6-10H,4-5H2,1-3H3. The summed E-state index contributed by atoms with van der Waals surface area (Å²) in [6.07, 6.45) is 6.32. The third-order valence-corrected chi connectivity index (χ3v) is 3.46. The lowest BCUT2D eigenvalue weighted by Gasteiger charge is -2.38. The highest BCUT2D eigenvalue weighted by Gasteiger charge is 2.40. The Morgan fingerprint density at radius 3 is 2.67 bits per heavy atom. The Balaban J connectivity index is 2.59. The highest BCUT2D eigenvalue weighted by molar-refractivity contribution is 6.65. The molecule has 0 saturated heterocycles. The largest absolute Gasteiger partial charge is 0.662 e. The van der Waals surface area contributed by atoms with Crippen LogP contribution in [-0.2, 0) is 4.65 Å². The van der Waals surface area contributed by atoms with Gasteiger partial charge in [0.15, 0.2) is 5.69 Å². The van der Waals surface area contributed by atoms with Gasteiger partial charge in [-0.2, -0.15) is 0 Å². The van der Waals surface area contributed by atoms with Crippen LogP contribution >= 0.6 is 0 Å². The Kier molecular flexibility index (Phi) is 2.55. The zero-order chi connectivity index (χ0) is 10.9. The number of pyridine rings is 1. The third kappa shape index (κ3) is 1.56. The van der Waals surface area contributed by atoms with E-state index in [0.717, 1.165) is 18.4 Å². The summed E-state index contributed by atoms with van der Waals surface area (Å²) in [5.74, 6) is 1.03. The summed E-state index contributed by atoms with van der Waals surface area (Å²) >= 11 is 0. The van der Waals surface area contributed by atoms with E-state index in [-0.39, 0.29) is 0 Å². The van der Waals surface area contributed by atoms with Gasteiger partial charge in [-0.05, 0) is 13.0 Å². The molecule has 0 bridgehead atoms. The van der Waals surface area contributed by atoms with Crippen molar-refractivity contribution in [1.29, 1.82) is 0 Å². The summed E-state index contributed by atoms with van der Waals surface area (Å²) in [5, 5.41) is 0. The highest BCUT2D eigenvalue weighted by atomic mass is 16.5. The Morgan fingerprint density at radius 2 is 2.00 bits per heavy atom. The van der Waals surface area contributed by atoms with Gasteiger partial charge in [0, 0.05) is 12.1 Å². The van der Waals surface area contributed by atoms with Crippen molar-refractivity contribution in [2.24, 2.45) is 0 Å². The molecule has 2 nitrogen and oxygen atoms in total. The molecule has 1 aromatic rings. The molecule has 0 aliphatic carbocycles. The molecule has 80 valence electrons. The Labute approximate surface area is 91.5 Å². The molecule has 1 aliphatic heterocycles. The first-order valence-electron chi connectivity index (χ1n) is 5.78. The predicted octanol–water partition coefficient (Wildman–Crippen LogP) is 2.70. The van der Waals surface area contributed by atoms with Crippen LogP contribution in [-0.4, -0.2) is 6.48 Å². The summed E-state index contributed by atoms with van der Waals surface area (Å²) in [5.41, 5.74) is 1.25. The number of allylic oxidation sites excluding steroid dienone is 1. The Morgan fingerprint density at radius 1 is 1.27 bits per heavy atom. The second-order valence-corrected chi connectivity index (χ2v) is 4.31. The minimum atomic E-state index is -0.896. The third-order valence-electron chi connectivity index (χ3n) is 3.46. The first kappa shape index (κ1) is 10.3. The topological polar surface area (TPSA) is 13.1 Å². The maximum Gasteiger partial charge on any atom is 0.455 e. The fourth-order valence-corrected chi connectivity index (χ4v) is 2.51. The molecule has 2 rings (SSSR count). The van der Waals surface area contributed by atoms with Gasteiger partial charge in [-0.15, -0.1) is 0 Å². The average molecular weight is 203 g/mol. The molecular formula is C12H18BNO. The number of hydrogen-bond donors (Lipinski definition) is 0. The van der Waals surface area contributed by atoms with Gasteiger partial charge >= 0.3 is 6.48 Å². The molecule has 0 N–H and O–H groups in total. The number of hydrogen-bond acceptors (Lipinski definition) is 1. The second kappa shape index (κ2) is 3.72. The van der Waals surface area contributed by atoms with E-state index in [0.29, 0.717) is 0 Å². The van der Waals surface area contributed by atoms with Gasteiger partial charge in [0.05, 0.1) is 5.76 Å². The molecule has 0 unspecified atom stereocenters. The summed E-state index contributed by atoms with van der Waals surface area (Å²) in [6.45, 7) is 5.54. The molecule has 0 amide bonds. The minimum Gasteiger partial charge on any atom is -0.662 e. The van der Waals surface area contributed by atoms with Crippen molar-refractivity contribution < 1.29 is 9.13 Å². The van der Waals surface area contributed by atoms with Crippen LogP contribution in [0.3, 0.4) is 0 Å². The summed E-state index contributed by atoms with van der Waals surface area (Å²) in [4.78, 5) is 0. The lowest BCUT2D eigenvalue weighted by atomic mass is 9.46. The van der Waals surface area contributed by atoms with E-state index < -0.39 is 6.48 Å². The zero-order valence-electron chi connectivity index (χ0n) is 9.73. The van der Waals surface area contributed by atoms with Gasteiger partial charge in [-0.25, -0.2) is 0 Å². The SMILES string of the molecule is CC[B-]1(CC)OC(C)=Cc2cccc[n+]21. The first-order valence-corrected chi connectivity index (χ1v) is 5.78. The number of rotatable bonds is 2. The molecule has 0 fully saturated rings. The van der Waals surface area contributed by atoms with Crippen molar-refractivity contribution in [3.05, 3.63) is 35.8 Å². The van der Waals surface area contributed by atoms with Crippen LogP contribution in [0.5, 0.6) is 0 Å². The monoisotopic (exact) mass is 203 g/mol. The molecule has 0 atom stereocenters. The molecule has 0 spiro atoms. The zero-order valence-corrected chi connectivity index (χ0v) is 9.73. The van der Waals surface area contributed by atoms with Gasteiger partial charge in [0.1, 0.15) is 6.20 Å². The van der Waals surface area contributed by atoms with Crippen LogP contribution < -0.4 is 4.48 Å². The van der Waals surface area contributed by atoms with Gasteiger partial charge < -0.3 is 9.13 Å². The van der Waals surface area contributed by atoms with E-state index in [1.807, 2.05) is 6.92 Å². The molecule has 15 heavy (non-hydrogen) atoms. The van der Waals surface area contributed by atoms with Crippen molar-refractivity contribution in [3.63, 3.8) is 0 Å². The normalized spacial score (nSPS) is 17.7. The maximum atomic E-state index is 6.09. The first-order chi connectivity index (χ1) is 7.22. The van der Waals surface area contributed by atoms with Crippen molar-refractivity contribution in [2.75, 3.05) is 0 Å². The van der Waals surface area contributed by atoms with E-state index in [1.54, 1.807) is 0 Å². The average Bonchev–Trinajstić information content (AvgIpc) is 2.27. The fraction of sp³-hybridized carbons (Fsp3) is 0.417. The quantitative estimate of drug-likeness (QED) is 0.673. The lowest BCUT2D eigenvalue weighted by Crippen LogP contribution is -2.68. The summed E-state index contributed by atoms with van der Waals surface area (Å²) in [7, 11) is 0. The molecule has 0 aromatic carbocycles. The van der Waals surface area contributed by atoms with Crippen LogP contribution in [0.2, 0.25) is 12.6 Å². The second-order valence-electron chi connectivity index (χ2n) is 4.31. The van der Waals surface area contributed by atoms with Crippen LogP contribution in [0.4, 0.5) is 0 Å². The molecular weight excluding hydrogens is 185 g/mol. The molecule has 3 heteroatoms. The summed E-state index contributed by atoms with van der Waals surface area (Å²) in [6, 6.07) is 6.30. The van der Waals surface area contributed by atoms with Crippen molar-refractivity contribution >= 4 is 12.6 Å². The van der Waals surface area contributed by atoms with Crippen LogP contribution in [0, 0.1) is 0 Å². The molecule has 1 aromatic heterocycles. The van der Waals surface area contributed by atoms with Crippen molar-refractivity contribution in [1.82, 2.24) is 0 Å². The fourth-order valence-electron chi connectivity index (χ4n) is 2.51. The van der Waals surface area contributed by atoms with E-state index >= 15 is 0 Å². The number of fused-ring (bicyclic) bond motifs is 1. The van der Waals surface area contributed by atoms with Gasteiger partial charge in [0.2, 0.25) is 0 Å². The number of aromatic nitrogens is 1. The molecule has 1 aliphatic rings. The Hall–Kier alpha value is -1.25. The smallest absolute Gasteiger partial charge is 0.455 e. The van der Waals surface area contributed by atoms with Gasteiger partial charge in [-0.1, -0.05) is 32.6 Å². The molecule has 0 saturated carbocycles. The van der Waals surface area contributed by atoms with E-state index in [2.05, 4.69) is 48.8 Å². The summed E-state index contributed by atoms with van der Waals surface area (Å²) < 4.78 is 8.38. The molecule has 2 heterocycles. The molecule has 0 radical (unpaired) electrons. The van der Waals surface area contributed by atoms with E-state index in [4.69, 9.17) is 4.65 Å². The minimum absolute atomic E-state index is 0.896. The van der Waals surface area contributed by atoms with Gasteiger partial charge in [-0.3, -0.25) is 0 Å². The highest BCUT2D eigenvalue weighted by Crippen LogP contribution is 2.23. The van der Waals surface area contributed by atoms with Gasteiger partial charge in [0.25, 0.3) is 0 Å². The van der Waals surface area contributed by atoms with Crippen LogP contribution in [0.15, 0.2) is 30.2 Å².